The number of thiazole rings is 1. The average Bonchev–Trinajstić information content (AvgIpc) is 3.16. The van der Waals surface area contributed by atoms with Gasteiger partial charge in [-0.3, -0.25) is 10.1 Å². The maximum absolute atomic E-state index is 4.44. The zero-order valence-corrected chi connectivity index (χ0v) is 12.6. The van der Waals surface area contributed by atoms with Crippen LogP contribution in [0.3, 0.4) is 0 Å². The fraction of sp³-hybridized carbons (Fsp3) is 0.0667. The maximum atomic E-state index is 4.44. The van der Waals surface area contributed by atoms with Crippen molar-refractivity contribution in [2.75, 3.05) is 5.32 Å². The van der Waals surface area contributed by atoms with Crippen LogP contribution in [-0.2, 0) is 0 Å². The van der Waals surface area contributed by atoms with E-state index >= 15 is 0 Å². The highest BCUT2D eigenvalue weighted by atomic mass is 32.1. The van der Waals surface area contributed by atoms with Crippen molar-refractivity contribution < 1.29 is 0 Å². The van der Waals surface area contributed by atoms with Crippen molar-refractivity contribution in [3.63, 3.8) is 0 Å². The standard InChI is InChI=1S/C15H12N6S/c1-9-6-10(2-3-16-9)14-11-8-18-13(7-12(11)20-21-14)19-15-17-4-5-22-15/h2-8H,1H3,(H,20,21)(H,17,18,19). The lowest BCUT2D eigenvalue weighted by molar-refractivity contribution is 1.12. The first-order valence-corrected chi connectivity index (χ1v) is 7.61. The van der Waals surface area contributed by atoms with E-state index in [0.717, 1.165) is 38.8 Å². The number of hydrogen-bond donors (Lipinski definition) is 2. The third kappa shape index (κ3) is 2.31. The molecule has 0 saturated heterocycles. The average molecular weight is 308 g/mol. The summed E-state index contributed by atoms with van der Waals surface area (Å²) in [6, 6.07) is 5.89. The van der Waals surface area contributed by atoms with E-state index in [1.165, 1.54) is 11.3 Å². The SMILES string of the molecule is Cc1cc(-c2n[nH]c3cc(Nc4nccs4)ncc23)ccn1. The van der Waals surface area contributed by atoms with E-state index < -0.39 is 0 Å². The van der Waals surface area contributed by atoms with Crippen LogP contribution in [0.15, 0.2) is 42.2 Å². The Morgan fingerprint density at radius 1 is 1.14 bits per heavy atom. The second kappa shape index (κ2) is 5.19. The first-order chi connectivity index (χ1) is 10.8. The first kappa shape index (κ1) is 12.9. The molecule has 4 aromatic heterocycles. The Morgan fingerprint density at radius 3 is 2.91 bits per heavy atom. The third-order valence-corrected chi connectivity index (χ3v) is 3.97. The molecule has 0 aromatic carbocycles. The lowest BCUT2D eigenvalue weighted by Crippen LogP contribution is -1.92. The summed E-state index contributed by atoms with van der Waals surface area (Å²) in [5.74, 6) is 0.739. The van der Waals surface area contributed by atoms with Gasteiger partial charge in [0.2, 0.25) is 0 Å². The minimum atomic E-state index is 0.739. The van der Waals surface area contributed by atoms with E-state index in [1.54, 1.807) is 12.4 Å². The van der Waals surface area contributed by atoms with Crippen molar-refractivity contribution >= 4 is 33.2 Å². The van der Waals surface area contributed by atoms with Crippen LogP contribution in [0.1, 0.15) is 5.69 Å². The minimum Gasteiger partial charge on any atom is -0.316 e. The smallest absolute Gasteiger partial charge is 0.188 e. The number of fused-ring (bicyclic) bond motifs is 1. The van der Waals surface area contributed by atoms with E-state index in [1.807, 2.05) is 36.7 Å². The molecule has 4 rings (SSSR count). The van der Waals surface area contributed by atoms with Gasteiger partial charge in [-0.2, -0.15) is 5.10 Å². The quantitative estimate of drug-likeness (QED) is 0.605. The van der Waals surface area contributed by atoms with Crippen LogP contribution in [0, 0.1) is 6.92 Å². The Bertz CT molecular complexity index is 928. The highest BCUT2D eigenvalue weighted by Gasteiger charge is 2.10. The van der Waals surface area contributed by atoms with Crippen LogP contribution >= 0.6 is 11.3 Å². The molecule has 2 N–H and O–H groups in total. The zero-order chi connectivity index (χ0) is 14.9. The molecule has 4 heterocycles. The van der Waals surface area contributed by atoms with Gasteiger partial charge < -0.3 is 5.32 Å². The van der Waals surface area contributed by atoms with Crippen molar-refractivity contribution in [2.24, 2.45) is 0 Å². The predicted molar refractivity (Wildman–Crippen MR) is 87.3 cm³/mol. The Kier molecular flexibility index (Phi) is 3.05. The number of anilines is 2. The van der Waals surface area contributed by atoms with Crippen LogP contribution in [0.2, 0.25) is 0 Å². The molecule has 0 bridgehead atoms. The molecule has 7 heteroatoms. The van der Waals surface area contributed by atoms with Gasteiger partial charge in [0.25, 0.3) is 0 Å². The normalized spacial score (nSPS) is 11.0. The molecular weight excluding hydrogens is 296 g/mol. The second-order valence-electron chi connectivity index (χ2n) is 4.84. The van der Waals surface area contributed by atoms with Crippen molar-refractivity contribution in [1.29, 1.82) is 0 Å². The summed E-state index contributed by atoms with van der Waals surface area (Å²) in [6.07, 6.45) is 5.36. The van der Waals surface area contributed by atoms with E-state index in [2.05, 4.69) is 30.5 Å². The molecule has 0 atom stereocenters. The van der Waals surface area contributed by atoms with E-state index in [9.17, 15) is 0 Å². The topological polar surface area (TPSA) is 79.4 Å². The van der Waals surface area contributed by atoms with Crippen LogP contribution in [0.4, 0.5) is 10.9 Å². The number of nitrogens with one attached hydrogen (secondary N) is 2. The number of aryl methyl sites for hydroxylation is 1. The minimum absolute atomic E-state index is 0.739. The molecule has 22 heavy (non-hydrogen) atoms. The van der Waals surface area contributed by atoms with Gasteiger partial charge in [0.1, 0.15) is 11.5 Å². The molecule has 0 aliphatic rings. The van der Waals surface area contributed by atoms with E-state index in [4.69, 9.17) is 0 Å². The van der Waals surface area contributed by atoms with Crippen molar-refractivity contribution in [1.82, 2.24) is 25.1 Å². The molecule has 0 unspecified atom stereocenters. The van der Waals surface area contributed by atoms with Crippen LogP contribution in [-0.4, -0.2) is 25.1 Å². The van der Waals surface area contributed by atoms with Gasteiger partial charge in [-0.15, -0.1) is 11.3 Å². The van der Waals surface area contributed by atoms with Gasteiger partial charge in [0.15, 0.2) is 5.13 Å². The Labute approximate surface area is 130 Å². The monoisotopic (exact) mass is 308 g/mol. The number of nitrogens with zero attached hydrogens (tertiary/aromatic N) is 4. The van der Waals surface area contributed by atoms with Crippen LogP contribution in [0.5, 0.6) is 0 Å². The Balaban J connectivity index is 1.74. The van der Waals surface area contributed by atoms with Crippen molar-refractivity contribution in [3.8, 4) is 11.3 Å². The second-order valence-corrected chi connectivity index (χ2v) is 5.73. The summed E-state index contributed by atoms with van der Waals surface area (Å²) in [7, 11) is 0. The lowest BCUT2D eigenvalue weighted by Gasteiger charge is -2.02. The summed E-state index contributed by atoms with van der Waals surface area (Å²) in [4.78, 5) is 12.8. The molecule has 0 saturated carbocycles. The highest BCUT2D eigenvalue weighted by molar-refractivity contribution is 7.13. The largest absolute Gasteiger partial charge is 0.316 e. The van der Waals surface area contributed by atoms with E-state index in [-0.39, 0.29) is 0 Å². The molecule has 0 amide bonds. The van der Waals surface area contributed by atoms with Gasteiger partial charge in [-0.05, 0) is 19.1 Å². The third-order valence-electron chi connectivity index (χ3n) is 3.28. The molecule has 4 aromatic rings. The number of aromatic amines is 1. The fourth-order valence-corrected chi connectivity index (χ4v) is 2.82. The summed E-state index contributed by atoms with van der Waals surface area (Å²) < 4.78 is 0. The summed E-state index contributed by atoms with van der Waals surface area (Å²) in [6.45, 7) is 1.96. The predicted octanol–water partition coefficient (Wildman–Crippen LogP) is 3.53. The van der Waals surface area contributed by atoms with Gasteiger partial charge in [0.05, 0.1) is 5.52 Å². The van der Waals surface area contributed by atoms with E-state index in [0.29, 0.717) is 0 Å². The summed E-state index contributed by atoms with van der Waals surface area (Å²) in [5.41, 5.74) is 3.80. The summed E-state index contributed by atoms with van der Waals surface area (Å²) >= 11 is 1.53. The fourth-order valence-electron chi connectivity index (χ4n) is 2.29. The maximum Gasteiger partial charge on any atom is 0.188 e. The van der Waals surface area contributed by atoms with Gasteiger partial charge in [-0.1, -0.05) is 0 Å². The van der Waals surface area contributed by atoms with Crippen LogP contribution < -0.4 is 5.32 Å². The molecule has 0 fully saturated rings. The number of rotatable bonds is 3. The Hall–Kier alpha value is -2.80. The highest BCUT2D eigenvalue weighted by Crippen LogP contribution is 2.27. The summed E-state index contributed by atoms with van der Waals surface area (Å²) in [5, 5.41) is 14.4. The lowest BCUT2D eigenvalue weighted by atomic mass is 10.1. The van der Waals surface area contributed by atoms with Crippen LogP contribution in [0.25, 0.3) is 22.2 Å². The number of hydrogen-bond acceptors (Lipinski definition) is 6. The molecule has 108 valence electrons. The van der Waals surface area contributed by atoms with Crippen molar-refractivity contribution in [3.05, 3.63) is 47.9 Å². The molecule has 0 aliphatic carbocycles. The number of aromatic nitrogens is 5. The molecule has 0 spiro atoms. The molecule has 0 radical (unpaired) electrons. The number of H-pyrrole nitrogens is 1. The first-order valence-electron chi connectivity index (χ1n) is 6.73. The van der Waals surface area contributed by atoms with Gasteiger partial charge in [-0.25, -0.2) is 9.97 Å². The number of pyridine rings is 2. The molecule has 6 nitrogen and oxygen atoms in total. The molecular formula is C15H12N6S. The van der Waals surface area contributed by atoms with Gasteiger partial charge >= 0.3 is 0 Å². The molecule has 0 aliphatic heterocycles. The zero-order valence-electron chi connectivity index (χ0n) is 11.7. The Morgan fingerprint density at radius 2 is 2.09 bits per heavy atom. The van der Waals surface area contributed by atoms with Crippen molar-refractivity contribution in [2.45, 2.75) is 6.92 Å². The van der Waals surface area contributed by atoms with Gasteiger partial charge in [0, 0.05) is 46.7 Å².